The number of rotatable bonds is 5. The van der Waals surface area contributed by atoms with E-state index >= 15 is 0 Å². The highest BCUT2D eigenvalue weighted by molar-refractivity contribution is 6.31. The summed E-state index contributed by atoms with van der Waals surface area (Å²) < 4.78 is 0. The van der Waals surface area contributed by atoms with Crippen molar-refractivity contribution < 1.29 is 9.59 Å². The lowest BCUT2D eigenvalue weighted by atomic mass is 10.1. The summed E-state index contributed by atoms with van der Waals surface area (Å²) in [6.07, 6.45) is 3.10. The third-order valence-corrected chi connectivity index (χ3v) is 5.38. The largest absolute Gasteiger partial charge is 0.399 e. The van der Waals surface area contributed by atoms with E-state index in [1.807, 2.05) is 24.4 Å². The van der Waals surface area contributed by atoms with Crippen LogP contribution in [0, 0.1) is 5.92 Å². The highest BCUT2D eigenvalue weighted by atomic mass is 35.5. The molecular weight excluding hydrogens is 376 g/mol. The van der Waals surface area contributed by atoms with E-state index in [0.717, 1.165) is 22.2 Å². The van der Waals surface area contributed by atoms with Crippen molar-refractivity contribution in [3.8, 4) is 0 Å². The van der Waals surface area contributed by atoms with E-state index in [9.17, 15) is 9.59 Å². The molecule has 0 aliphatic carbocycles. The van der Waals surface area contributed by atoms with E-state index in [1.54, 1.807) is 29.2 Å². The number of amides is 2. The number of aromatic amines is 1. The molecule has 1 atom stereocenters. The summed E-state index contributed by atoms with van der Waals surface area (Å²) in [5.41, 5.74) is 9.20. The molecule has 2 aromatic carbocycles. The lowest BCUT2D eigenvalue weighted by molar-refractivity contribution is -0.132. The molecule has 7 heteroatoms. The molecule has 6 nitrogen and oxygen atoms in total. The van der Waals surface area contributed by atoms with Crippen molar-refractivity contribution in [3.63, 3.8) is 0 Å². The van der Waals surface area contributed by atoms with E-state index in [0.29, 0.717) is 36.6 Å². The van der Waals surface area contributed by atoms with Gasteiger partial charge in [0.15, 0.2) is 0 Å². The number of anilines is 2. The number of nitrogens with one attached hydrogen (secondary N) is 2. The van der Waals surface area contributed by atoms with Crippen LogP contribution in [0.4, 0.5) is 11.4 Å². The van der Waals surface area contributed by atoms with Gasteiger partial charge in [-0.3, -0.25) is 9.59 Å². The summed E-state index contributed by atoms with van der Waals surface area (Å²) in [5.74, 6) is -1.03. The maximum absolute atomic E-state index is 12.7. The van der Waals surface area contributed by atoms with Gasteiger partial charge in [0.05, 0.1) is 0 Å². The van der Waals surface area contributed by atoms with Crippen molar-refractivity contribution in [3.05, 3.63) is 59.2 Å². The van der Waals surface area contributed by atoms with Crippen molar-refractivity contribution in [2.45, 2.75) is 12.8 Å². The highest BCUT2D eigenvalue weighted by Crippen LogP contribution is 2.26. The summed E-state index contributed by atoms with van der Waals surface area (Å²) >= 11 is 6.07. The average Bonchev–Trinajstić information content (AvgIpc) is 3.26. The fourth-order valence-corrected chi connectivity index (χ4v) is 3.81. The minimum Gasteiger partial charge on any atom is -0.399 e. The number of hydrogen-bond acceptors (Lipinski definition) is 3. The van der Waals surface area contributed by atoms with Crippen LogP contribution in [0.1, 0.15) is 12.0 Å². The number of hydrogen-bond donors (Lipinski definition) is 3. The van der Waals surface area contributed by atoms with Gasteiger partial charge in [-0.1, -0.05) is 11.6 Å². The maximum atomic E-state index is 12.7. The molecule has 0 radical (unpaired) electrons. The fourth-order valence-electron chi connectivity index (χ4n) is 3.63. The molecule has 4 N–H and O–H groups in total. The van der Waals surface area contributed by atoms with Crippen molar-refractivity contribution >= 4 is 45.7 Å². The van der Waals surface area contributed by atoms with Crippen LogP contribution in [0.25, 0.3) is 10.9 Å². The van der Waals surface area contributed by atoms with E-state index in [-0.39, 0.29) is 11.8 Å². The Morgan fingerprint density at radius 3 is 2.82 bits per heavy atom. The fraction of sp³-hybridized carbons (Fsp3) is 0.238. The molecule has 2 amide bonds. The second kappa shape index (κ2) is 7.56. The summed E-state index contributed by atoms with van der Waals surface area (Å²) in [7, 11) is 0. The molecule has 0 spiro atoms. The van der Waals surface area contributed by atoms with Crippen molar-refractivity contribution in [2.24, 2.45) is 5.92 Å². The first-order valence-corrected chi connectivity index (χ1v) is 9.61. The summed E-state index contributed by atoms with van der Waals surface area (Å²) in [5, 5.41) is 4.63. The van der Waals surface area contributed by atoms with Crippen LogP contribution in [0.5, 0.6) is 0 Å². The standard InChI is InChI=1S/C21H21ClN4O2/c22-14-1-6-19-18(11-14)13(12-25-19)7-9-24-20(27)17-8-10-26(21(17)28)16-4-2-15(23)3-5-16/h1-6,11-12,17,25H,7-10,23H2,(H,24,27). The number of fused-ring (bicyclic) bond motifs is 1. The number of halogens is 1. The Hall–Kier alpha value is -2.99. The minimum absolute atomic E-state index is 0.166. The second-order valence-electron chi connectivity index (χ2n) is 6.97. The number of nitrogens with two attached hydrogens (primary N) is 1. The Morgan fingerprint density at radius 2 is 2.04 bits per heavy atom. The van der Waals surface area contributed by atoms with Crippen LogP contribution >= 0.6 is 11.6 Å². The van der Waals surface area contributed by atoms with Gasteiger partial charge in [0.1, 0.15) is 5.92 Å². The first kappa shape index (κ1) is 18.4. The first-order valence-electron chi connectivity index (χ1n) is 9.23. The van der Waals surface area contributed by atoms with E-state index in [4.69, 9.17) is 17.3 Å². The molecule has 0 saturated carbocycles. The van der Waals surface area contributed by atoms with E-state index in [1.165, 1.54) is 0 Å². The second-order valence-corrected chi connectivity index (χ2v) is 7.40. The Labute approximate surface area is 167 Å². The Balaban J connectivity index is 1.35. The number of aromatic nitrogens is 1. The van der Waals surface area contributed by atoms with Gasteiger partial charge < -0.3 is 20.9 Å². The smallest absolute Gasteiger partial charge is 0.239 e. The SMILES string of the molecule is Nc1ccc(N2CCC(C(=O)NCCc3c[nH]c4ccc(Cl)cc34)C2=O)cc1. The molecule has 1 aliphatic rings. The molecule has 1 unspecified atom stereocenters. The molecule has 1 aromatic heterocycles. The highest BCUT2D eigenvalue weighted by Gasteiger charge is 2.37. The van der Waals surface area contributed by atoms with Crippen LogP contribution in [-0.4, -0.2) is 29.9 Å². The molecule has 2 heterocycles. The molecule has 1 aliphatic heterocycles. The summed E-state index contributed by atoms with van der Waals surface area (Å²) in [6, 6.07) is 12.8. The average molecular weight is 397 g/mol. The van der Waals surface area contributed by atoms with Crippen LogP contribution < -0.4 is 16.0 Å². The van der Waals surface area contributed by atoms with Crippen molar-refractivity contribution in [1.29, 1.82) is 0 Å². The zero-order chi connectivity index (χ0) is 19.7. The minimum atomic E-state index is -0.644. The van der Waals surface area contributed by atoms with E-state index < -0.39 is 5.92 Å². The maximum Gasteiger partial charge on any atom is 0.239 e. The molecule has 3 aromatic rings. The van der Waals surface area contributed by atoms with Gasteiger partial charge in [0.25, 0.3) is 0 Å². The van der Waals surface area contributed by atoms with Gasteiger partial charge in [-0.25, -0.2) is 0 Å². The zero-order valence-electron chi connectivity index (χ0n) is 15.2. The number of carbonyl (C=O) groups excluding carboxylic acids is 2. The van der Waals surface area contributed by atoms with Gasteiger partial charge >= 0.3 is 0 Å². The third-order valence-electron chi connectivity index (χ3n) is 5.15. The van der Waals surface area contributed by atoms with Crippen LogP contribution in [0.2, 0.25) is 5.02 Å². The van der Waals surface area contributed by atoms with Gasteiger partial charge in [0, 0.05) is 46.6 Å². The molecule has 4 rings (SSSR count). The predicted octanol–water partition coefficient (Wildman–Crippen LogP) is 3.12. The quantitative estimate of drug-likeness (QED) is 0.457. The number of benzene rings is 2. The van der Waals surface area contributed by atoms with Gasteiger partial charge in [-0.15, -0.1) is 0 Å². The number of H-pyrrole nitrogens is 1. The molecule has 0 bridgehead atoms. The topological polar surface area (TPSA) is 91.2 Å². The van der Waals surface area contributed by atoms with Crippen molar-refractivity contribution in [2.75, 3.05) is 23.7 Å². The lowest BCUT2D eigenvalue weighted by Gasteiger charge is -2.17. The van der Waals surface area contributed by atoms with Gasteiger partial charge in [-0.05, 0) is 60.9 Å². The Bertz CT molecular complexity index is 1030. The van der Waals surface area contributed by atoms with Gasteiger partial charge in [-0.2, -0.15) is 0 Å². The molecular formula is C21H21ClN4O2. The predicted molar refractivity (Wildman–Crippen MR) is 111 cm³/mol. The summed E-state index contributed by atoms with van der Waals surface area (Å²) in [4.78, 5) is 30.0. The molecule has 28 heavy (non-hydrogen) atoms. The van der Waals surface area contributed by atoms with Crippen LogP contribution in [0.3, 0.4) is 0 Å². The van der Waals surface area contributed by atoms with E-state index in [2.05, 4.69) is 10.3 Å². The Kier molecular flexibility index (Phi) is 4.96. The Morgan fingerprint density at radius 1 is 1.25 bits per heavy atom. The normalized spacial score (nSPS) is 16.7. The van der Waals surface area contributed by atoms with Crippen LogP contribution in [-0.2, 0) is 16.0 Å². The van der Waals surface area contributed by atoms with Gasteiger partial charge in [0.2, 0.25) is 11.8 Å². The number of nitrogen functional groups attached to an aromatic ring is 1. The molecule has 1 fully saturated rings. The first-order chi connectivity index (χ1) is 13.5. The number of nitrogens with zero attached hydrogens (tertiary/aromatic N) is 1. The van der Waals surface area contributed by atoms with Crippen LogP contribution in [0.15, 0.2) is 48.7 Å². The van der Waals surface area contributed by atoms with Crippen molar-refractivity contribution in [1.82, 2.24) is 10.3 Å². The molecule has 144 valence electrons. The number of carbonyl (C=O) groups is 2. The summed E-state index contributed by atoms with van der Waals surface area (Å²) in [6.45, 7) is 0.992. The third kappa shape index (κ3) is 3.55. The lowest BCUT2D eigenvalue weighted by Crippen LogP contribution is -2.37. The molecule has 1 saturated heterocycles. The monoisotopic (exact) mass is 396 g/mol. The zero-order valence-corrected chi connectivity index (χ0v) is 16.0.